The minimum atomic E-state index is -3.16. The molecule has 1 saturated heterocycles. The molecule has 2 heterocycles. The summed E-state index contributed by atoms with van der Waals surface area (Å²) >= 11 is 7.95. The maximum atomic E-state index is 12.3. The van der Waals surface area contributed by atoms with Crippen LogP contribution in [0.15, 0.2) is 30.3 Å². The van der Waals surface area contributed by atoms with E-state index in [1.54, 1.807) is 29.5 Å². The van der Waals surface area contributed by atoms with Crippen molar-refractivity contribution < 1.29 is 17.9 Å². The molecule has 1 aliphatic heterocycles. The highest BCUT2D eigenvalue weighted by molar-refractivity contribution is 7.88. The fourth-order valence-electron chi connectivity index (χ4n) is 3.05. The first-order valence-electron chi connectivity index (χ1n) is 8.97. The van der Waals surface area contributed by atoms with Gasteiger partial charge in [0.2, 0.25) is 10.0 Å². The molecule has 0 bridgehead atoms. The lowest BCUT2D eigenvalue weighted by Gasteiger charge is -2.30. The Morgan fingerprint density at radius 1 is 1.29 bits per heavy atom. The molecule has 3 rings (SSSR count). The first-order valence-corrected chi connectivity index (χ1v) is 12.0. The van der Waals surface area contributed by atoms with Crippen molar-refractivity contribution in [3.63, 3.8) is 0 Å². The number of amides is 1. The van der Waals surface area contributed by atoms with Crippen LogP contribution in [-0.4, -0.2) is 44.1 Å². The fourth-order valence-corrected chi connectivity index (χ4v) is 4.98. The summed E-state index contributed by atoms with van der Waals surface area (Å²) in [5.74, 6) is 0.311. The second kappa shape index (κ2) is 8.82. The Morgan fingerprint density at radius 3 is 2.57 bits per heavy atom. The lowest BCUT2D eigenvalue weighted by atomic mass is 10.1. The molecule has 6 nitrogen and oxygen atoms in total. The molecule has 1 fully saturated rings. The topological polar surface area (TPSA) is 75.7 Å². The molecule has 0 radical (unpaired) electrons. The normalized spacial score (nSPS) is 16.1. The zero-order valence-corrected chi connectivity index (χ0v) is 18.2. The van der Waals surface area contributed by atoms with Crippen molar-refractivity contribution in [1.29, 1.82) is 0 Å². The number of hydrogen-bond donors (Lipinski definition) is 1. The molecule has 1 N–H and O–H groups in total. The van der Waals surface area contributed by atoms with E-state index in [9.17, 15) is 13.2 Å². The van der Waals surface area contributed by atoms with Gasteiger partial charge < -0.3 is 10.1 Å². The lowest BCUT2D eigenvalue weighted by Crippen LogP contribution is -2.41. The van der Waals surface area contributed by atoms with Crippen LogP contribution in [0.3, 0.4) is 0 Å². The molecule has 0 saturated carbocycles. The summed E-state index contributed by atoms with van der Waals surface area (Å²) in [6.45, 7) is 3.37. The van der Waals surface area contributed by atoms with Gasteiger partial charge in [-0.25, -0.2) is 12.7 Å². The average Bonchev–Trinajstić information content (AvgIpc) is 3.06. The van der Waals surface area contributed by atoms with E-state index < -0.39 is 10.0 Å². The monoisotopic (exact) mass is 442 g/mol. The van der Waals surface area contributed by atoms with Crippen molar-refractivity contribution in [3.05, 3.63) is 50.7 Å². The lowest BCUT2D eigenvalue weighted by molar-refractivity contribution is 0.0951. The number of ether oxygens (including phenoxy) is 1. The maximum absolute atomic E-state index is 12.3. The van der Waals surface area contributed by atoms with Gasteiger partial charge in [-0.05, 0) is 50.1 Å². The number of thiophene rings is 1. The highest BCUT2D eigenvalue weighted by Gasteiger charge is 2.26. The zero-order valence-electron chi connectivity index (χ0n) is 15.8. The number of halogens is 1. The molecule has 152 valence electrons. The highest BCUT2D eigenvalue weighted by atomic mass is 35.5. The summed E-state index contributed by atoms with van der Waals surface area (Å²) in [6, 6.07) is 8.99. The number of sulfonamides is 1. The number of nitrogens with zero attached hydrogens (tertiary/aromatic N) is 1. The molecule has 0 spiro atoms. The largest absolute Gasteiger partial charge is 0.489 e. The van der Waals surface area contributed by atoms with Gasteiger partial charge in [0.1, 0.15) is 11.9 Å². The van der Waals surface area contributed by atoms with Gasteiger partial charge in [0.05, 0.1) is 17.8 Å². The van der Waals surface area contributed by atoms with Gasteiger partial charge in [0.15, 0.2) is 0 Å². The van der Waals surface area contributed by atoms with Gasteiger partial charge in [-0.1, -0.05) is 11.6 Å². The van der Waals surface area contributed by atoms with Crippen LogP contribution in [0.4, 0.5) is 0 Å². The van der Waals surface area contributed by atoms with Crippen molar-refractivity contribution in [1.82, 2.24) is 9.62 Å². The standard InChI is InChI=1S/C19H23ClN2O4S2/c1-13-3-5-16(27-13)12-21-19(23)14-4-6-18(17(20)11-14)26-15-7-9-22(10-8-15)28(2,24)25/h3-6,11,15H,7-10,12H2,1-2H3,(H,21,23). The molecule has 2 aromatic rings. The van der Waals surface area contributed by atoms with Crippen molar-refractivity contribution in [2.45, 2.75) is 32.4 Å². The Bertz CT molecular complexity index is 951. The highest BCUT2D eigenvalue weighted by Crippen LogP contribution is 2.29. The third kappa shape index (κ3) is 5.47. The zero-order chi connectivity index (χ0) is 20.3. The maximum Gasteiger partial charge on any atom is 0.251 e. The Hall–Kier alpha value is -1.61. The Labute approximate surface area is 174 Å². The second-order valence-electron chi connectivity index (χ2n) is 6.82. The number of aryl methyl sites for hydroxylation is 1. The molecule has 1 aromatic carbocycles. The van der Waals surface area contributed by atoms with Gasteiger partial charge in [0.25, 0.3) is 5.91 Å². The summed E-state index contributed by atoms with van der Waals surface area (Å²) in [5, 5.41) is 3.25. The van der Waals surface area contributed by atoms with E-state index >= 15 is 0 Å². The minimum absolute atomic E-state index is 0.0998. The van der Waals surface area contributed by atoms with Crippen molar-refractivity contribution in [2.24, 2.45) is 0 Å². The Morgan fingerprint density at radius 2 is 2.00 bits per heavy atom. The van der Waals surface area contributed by atoms with E-state index in [-0.39, 0.29) is 12.0 Å². The summed E-state index contributed by atoms with van der Waals surface area (Å²) in [4.78, 5) is 14.6. The first kappa shape index (κ1) is 21.1. The van der Waals surface area contributed by atoms with Crippen LogP contribution < -0.4 is 10.1 Å². The van der Waals surface area contributed by atoms with Gasteiger partial charge in [0, 0.05) is 28.4 Å². The van der Waals surface area contributed by atoms with Crippen LogP contribution in [0.5, 0.6) is 5.75 Å². The molecule has 1 aliphatic rings. The third-order valence-electron chi connectivity index (χ3n) is 4.58. The fraction of sp³-hybridized carbons (Fsp3) is 0.421. The molecule has 28 heavy (non-hydrogen) atoms. The van der Waals surface area contributed by atoms with Crippen LogP contribution in [-0.2, 0) is 16.6 Å². The Kier molecular flexibility index (Phi) is 6.65. The molecule has 0 atom stereocenters. The minimum Gasteiger partial charge on any atom is -0.489 e. The molecular weight excluding hydrogens is 420 g/mol. The van der Waals surface area contributed by atoms with Crippen molar-refractivity contribution >= 4 is 38.9 Å². The summed E-state index contributed by atoms with van der Waals surface area (Å²) < 4.78 is 30.5. The Balaban J connectivity index is 1.56. The van der Waals surface area contributed by atoms with Crippen LogP contribution in [0.1, 0.15) is 33.0 Å². The van der Waals surface area contributed by atoms with E-state index in [1.807, 2.05) is 19.1 Å². The average molecular weight is 443 g/mol. The molecule has 0 aliphatic carbocycles. The van der Waals surface area contributed by atoms with Crippen molar-refractivity contribution in [3.8, 4) is 5.75 Å². The number of benzene rings is 1. The van der Waals surface area contributed by atoms with E-state index in [0.717, 1.165) is 4.88 Å². The van der Waals surface area contributed by atoms with Crippen LogP contribution in [0.2, 0.25) is 5.02 Å². The predicted octanol–water partition coefficient (Wildman–Crippen LogP) is 3.44. The molecular formula is C19H23ClN2O4S2. The van der Waals surface area contributed by atoms with Gasteiger partial charge in [-0.2, -0.15) is 0 Å². The third-order valence-corrected chi connectivity index (χ3v) is 7.18. The van der Waals surface area contributed by atoms with Crippen LogP contribution >= 0.6 is 22.9 Å². The number of carbonyl (C=O) groups excluding carboxylic acids is 1. The van der Waals surface area contributed by atoms with E-state index in [2.05, 4.69) is 5.32 Å². The first-order chi connectivity index (χ1) is 13.2. The molecule has 1 amide bonds. The summed E-state index contributed by atoms with van der Waals surface area (Å²) in [7, 11) is -3.16. The van der Waals surface area contributed by atoms with Crippen molar-refractivity contribution in [2.75, 3.05) is 19.3 Å². The number of carbonyl (C=O) groups is 1. The van der Waals surface area contributed by atoms with Crippen LogP contribution in [0.25, 0.3) is 0 Å². The predicted molar refractivity (Wildman–Crippen MR) is 112 cm³/mol. The van der Waals surface area contributed by atoms with Gasteiger partial charge >= 0.3 is 0 Å². The quantitative estimate of drug-likeness (QED) is 0.743. The van der Waals surface area contributed by atoms with Gasteiger partial charge in [-0.3, -0.25) is 4.79 Å². The number of piperidine rings is 1. The van der Waals surface area contributed by atoms with Gasteiger partial charge in [-0.15, -0.1) is 11.3 Å². The van der Waals surface area contributed by atoms with E-state index in [4.69, 9.17) is 16.3 Å². The molecule has 9 heteroatoms. The smallest absolute Gasteiger partial charge is 0.251 e. The van der Waals surface area contributed by atoms with Crippen LogP contribution in [0, 0.1) is 6.92 Å². The van der Waals surface area contributed by atoms with E-state index in [0.29, 0.717) is 48.8 Å². The number of hydrogen-bond acceptors (Lipinski definition) is 5. The van der Waals surface area contributed by atoms with E-state index in [1.165, 1.54) is 15.4 Å². The molecule has 0 unspecified atom stereocenters. The summed E-state index contributed by atoms with van der Waals surface area (Å²) in [5.41, 5.74) is 0.470. The number of rotatable bonds is 6. The SMILES string of the molecule is Cc1ccc(CNC(=O)c2ccc(OC3CCN(S(C)(=O)=O)CC3)c(Cl)c2)s1. The summed E-state index contributed by atoms with van der Waals surface area (Å²) in [6.07, 6.45) is 2.32. The second-order valence-corrected chi connectivity index (χ2v) is 10.6. The molecule has 1 aromatic heterocycles. The number of nitrogens with one attached hydrogen (secondary N) is 1.